The molecule has 0 aliphatic carbocycles. The molecule has 2 aromatic carbocycles. The molecule has 5 rings (SSSR count). The third kappa shape index (κ3) is 4.05. The van der Waals surface area contributed by atoms with E-state index < -0.39 is 11.6 Å². The molecular weight excluding hydrogens is 430 g/mol. The Morgan fingerprint density at radius 2 is 1.82 bits per heavy atom. The number of aliphatic carboxylic acids is 1. The average Bonchev–Trinajstić information content (AvgIpc) is 3.58. The summed E-state index contributed by atoms with van der Waals surface area (Å²) in [4.78, 5) is 13.9. The summed E-state index contributed by atoms with van der Waals surface area (Å²) in [7, 11) is 1.93. The molecule has 1 fully saturated rings. The average molecular weight is 460 g/mol. The molecule has 0 radical (unpaired) electrons. The van der Waals surface area contributed by atoms with Gasteiger partial charge in [0.05, 0.1) is 41.1 Å². The summed E-state index contributed by atoms with van der Waals surface area (Å²) in [5.74, 6) is -1.01. The molecule has 0 atom stereocenters. The Labute approximate surface area is 198 Å². The summed E-state index contributed by atoms with van der Waals surface area (Å²) in [6.07, 6.45) is 4.22. The first-order valence-corrected chi connectivity index (χ1v) is 11.6. The van der Waals surface area contributed by atoms with Gasteiger partial charge >= 0.3 is 5.97 Å². The Hall–Kier alpha value is -3.65. The van der Waals surface area contributed by atoms with Crippen molar-refractivity contribution in [3.63, 3.8) is 0 Å². The molecule has 8 nitrogen and oxygen atoms in total. The van der Waals surface area contributed by atoms with Crippen molar-refractivity contribution in [2.45, 2.75) is 38.9 Å². The SMILES string of the molecule is Cn1ncc2ccc(-c3cc(COC(C)(C)C(=O)O)nn3-c3ccccc3N3CCCC3)cc21. The van der Waals surface area contributed by atoms with Gasteiger partial charge in [0.25, 0.3) is 0 Å². The van der Waals surface area contributed by atoms with Crippen LogP contribution in [0.1, 0.15) is 32.4 Å². The van der Waals surface area contributed by atoms with Crippen LogP contribution in [-0.4, -0.2) is 49.3 Å². The van der Waals surface area contributed by atoms with Gasteiger partial charge in [-0.1, -0.05) is 24.3 Å². The van der Waals surface area contributed by atoms with Crippen LogP contribution in [0.3, 0.4) is 0 Å². The van der Waals surface area contributed by atoms with Crippen LogP contribution in [0.4, 0.5) is 5.69 Å². The zero-order chi connectivity index (χ0) is 23.9. The first-order valence-electron chi connectivity index (χ1n) is 11.6. The molecule has 0 amide bonds. The van der Waals surface area contributed by atoms with Crippen LogP contribution < -0.4 is 4.90 Å². The third-order valence-electron chi connectivity index (χ3n) is 6.46. The molecule has 8 heteroatoms. The van der Waals surface area contributed by atoms with Gasteiger partial charge in [-0.3, -0.25) is 4.68 Å². The summed E-state index contributed by atoms with van der Waals surface area (Å²) < 4.78 is 9.54. The highest BCUT2D eigenvalue weighted by Crippen LogP contribution is 2.33. The van der Waals surface area contributed by atoms with E-state index in [1.54, 1.807) is 13.8 Å². The Morgan fingerprint density at radius 3 is 2.56 bits per heavy atom. The standard InChI is InChI=1S/C26H29N5O3/c1-26(2,25(32)33)34-17-20-15-24(18-10-11-19-16-27-29(3)23(19)14-18)31(28-20)22-9-5-4-8-21(22)30-12-6-7-13-30/h4-5,8-11,14-16H,6-7,12-13,17H2,1-3H3,(H,32,33). The largest absolute Gasteiger partial charge is 0.479 e. The van der Waals surface area contributed by atoms with E-state index in [1.165, 1.54) is 12.8 Å². The van der Waals surface area contributed by atoms with Crippen molar-refractivity contribution in [1.82, 2.24) is 19.6 Å². The predicted molar refractivity (Wildman–Crippen MR) is 131 cm³/mol. The van der Waals surface area contributed by atoms with Crippen LogP contribution in [0.15, 0.2) is 54.7 Å². The topological polar surface area (TPSA) is 85.4 Å². The molecule has 1 N–H and O–H groups in total. The zero-order valence-corrected chi connectivity index (χ0v) is 19.7. The lowest BCUT2D eigenvalue weighted by atomic mass is 10.1. The number of hydrogen-bond donors (Lipinski definition) is 1. The summed E-state index contributed by atoms with van der Waals surface area (Å²) >= 11 is 0. The van der Waals surface area contributed by atoms with Gasteiger partial charge in [0, 0.05) is 31.1 Å². The summed E-state index contributed by atoms with van der Waals surface area (Å²) in [6, 6.07) is 16.5. The highest BCUT2D eigenvalue weighted by Gasteiger charge is 2.29. The van der Waals surface area contributed by atoms with E-state index >= 15 is 0 Å². The minimum Gasteiger partial charge on any atom is -0.479 e. The number of aryl methyl sites for hydroxylation is 1. The van der Waals surface area contributed by atoms with Crippen molar-refractivity contribution in [2.24, 2.45) is 7.05 Å². The van der Waals surface area contributed by atoms with Gasteiger partial charge in [-0.15, -0.1) is 0 Å². The molecule has 0 spiro atoms. The van der Waals surface area contributed by atoms with Gasteiger partial charge in [0.15, 0.2) is 5.60 Å². The molecular formula is C26H29N5O3. The van der Waals surface area contributed by atoms with E-state index in [0.717, 1.165) is 46.6 Å². The summed E-state index contributed by atoms with van der Waals surface area (Å²) in [5.41, 5.74) is 4.46. The minimum atomic E-state index is -1.30. The predicted octanol–water partition coefficient (Wildman–Crippen LogP) is 4.41. The molecule has 176 valence electrons. The van der Waals surface area contributed by atoms with Gasteiger partial charge in [0.1, 0.15) is 0 Å². The number of nitrogens with zero attached hydrogens (tertiary/aromatic N) is 5. The second-order valence-corrected chi connectivity index (χ2v) is 9.26. The number of carboxylic acid groups (broad SMARTS) is 1. The number of rotatable bonds is 7. The van der Waals surface area contributed by atoms with Crippen molar-refractivity contribution in [2.75, 3.05) is 18.0 Å². The van der Waals surface area contributed by atoms with Crippen LogP contribution in [0, 0.1) is 0 Å². The number of aromatic nitrogens is 4. The monoisotopic (exact) mass is 459 g/mol. The van der Waals surface area contributed by atoms with E-state index in [1.807, 2.05) is 34.7 Å². The zero-order valence-electron chi connectivity index (χ0n) is 19.7. The van der Waals surface area contributed by atoms with Crippen molar-refractivity contribution in [3.05, 3.63) is 60.4 Å². The quantitative estimate of drug-likeness (QED) is 0.441. The van der Waals surface area contributed by atoms with Gasteiger partial charge in [0.2, 0.25) is 0 Å². The number of carbonyl (C=O) groups is 1. The smallest absolute Gasteiger partial charge is 0.335 e. The highest BCUT2D eigenvalue weighted by atomic mass is 16.5. The molecule has 4 aromatic rings. The van der Waals surface area contributed by atoms with E-state index in [4.69, 9.17) is 9.84 Å². The highest BCUT2D eigenvalue weighted by molar-refractivity contribution is 5.84. The number of hydrogen-bond acceptors (Lipinski definition) is 5. The Kier molecular flexibility index (Phi) is 5.61. The number of benzene rings is 2. The molecule has 0 unspecified atom stereocenters. The van der Waals surface area contributed by atoms with E-state index in [0.29, 0.717) is 5.69 Å². The number of fused-ring (bicyclic) bond motifs is 1. The molecule has 0 saturated carbocycles. The van der Waals surface area contributed by atoms with Crippen molar-refractivity contribution in [3.8, 4) is 16.9 Å². The van der Waals surface area contributed by atoms with Gasteiger partial charge < -0.3 is 14.7 Å². The first-order chi connectivity index (χ1) is 16.3. The normalized spacial score (nSPS) is 14.3. The van der Waals surface area contributed by atoms with Crippen molar-refractivity contribution >= 4 is 22.6 Å². The second-order valence-electron chi connectivity index (χ2n) is 9.26. The van der Waals surface area contributed by atoms with Crippen molar-refractivity contribution in [1.29, 1.82) is 0 Å². The Balaban J connectivity index is 1.62. The first kappa shape index (κ1) is 22.2. The number of anilines is 1. The number of ether oxygens (including phenoxy) is 1. The summed E-state index contributed by atoms with van der Waals surface area (Å²) in [6.45, 7) is 5.24. The van der Waals surface area contributed by atoms with E-state index in [-0.39, 0.29) is 6.61 Å². The van der Waals surface area contributed by atoms with E-state index in [2.05, 4.69) is 46.4 Å². The molecule has 3 heterocycles. The van der Waals surface area contributed by atoms with Crippen LogP contribution in [-0.2, 0) is 23.2 Å². The lowest BCUT2D eigenvalue weighted by Crippen LogP contribution is -2.34. The van der Waals surface area contributed by atoms with Crippen LogP contribution in [0.5, 0.6) is 0 Å². The Bertz CT molecular complexity index is 1350. The maximum atomic E-state index is 11.5. The van der Waals surface area contributed by atoms with E-state index in [9.17, 15) is 9.90 Å². The fraction of sp³-hybridized carbons (Fsp3) is 0.346. The summed E-state index contributed by atoms with van der Waals surface area (Å²) in [5, 5.41) is 19.8. The molecule has 1 saturated heterocycles. The Morgan fingerprint density at radius 1 is 1.09 bits per heavy atom. The van der Waals surface area contributed by atoms with Crippen LogP contribution >= 0.6 is 0 Å². The van der Waals surface area contributed by atoms with Crippen LogP contribution in [0.25, 0.3) is 27.8 Å². The molecule has 34 heavy (non-hydrogen) atoms. The third-order valence-corrected chi connectivity index (χ3v) is 6.46. The lowest BCUT2D eigenvalue weighted by molar-refractivity contribution is -0.162. The minimum absolute atomic E-state index is 0.0964. The van der Waals surface area contributed by atoms with Gasteiger partial charge in [-0.05, 0) is 51.0 Å². The van der Waals surface area contributed by atoms with Gasteiger partial charge in [-0.2, -0.15) is 10.2 Å². The number of para-hydroxylation sites is 2. The maximum absolute atomic E-state index is 11.5. The van der Waals surface area contributed by atoms with Gasteiger partial charge in [-0.25, -0.2) is 9.48 Å². The molecule has 0 bridgehead atoms. The maximum Gasteiger partial charge on any atom is 0.335 e. The fourth-order valence-electron chi connectivity index (χ4n) is 4.38. The lowest BCUT2D eigenvalue weighted by Gasteiger charge is -2.22. The second kappa shape index (κ2) is 8.61. The van der Waals surface area contributed by atoms with Crippen LogP contribution in [0.2, 0.25) is 0 Å². The molecule has 1 aliphatic heterocycles. The fourth-order valence-corrected chi connectivity index (χ4v) is 4.38. The van der Waals surface area contributed by atoms with Crippen molar-refractivity contribution < 1.29 is 14.6 Å². The molecule has 1 aliphatic rings. The molecule has 2 aromatic heterocycles. The number of carboxylic acids is 1.